The average molecular weight is 411 g/mol. The maximum Gasteiger partial charge on any atom is 0.261 e. The summed E-state index contributed by atoms with van der Waals surface area (Å²) in [5.41, 5.74) is 3.32. The lowest BCUT2D eigenvalue weighted by Crippen LogP contribution is -2.49. The number of aryl methyl sites for hydroxylation is 1. The first-order valence-corrected chi connectivity index (χ1v) is 10.7. The molecule has 0 aliphatic heterocycles. The summed E-state index contributed by atoms with van der Waals surface area (Å²) in [4.78, 5) is 27.1. The van der Waals surface area contributed by atoms with Gasteiger partial charge in [0, 0.05) is 13.1 Å². The van der Waals surface area contributed by atoms with Crippen molar-refractivity contribution in [2.24, 2.45) is 0 Å². The second-order valence-corrected chi connectivity index (χ2v) is 7.99. The number of carbonyl (C=O) groups excluding carboxylic acids is 2. The van der Waals surface area contributed by atoms with E-state index >= 15 is 0 Å². The average Bonchev–Trinajstić information content (AvgIpc) is 2.74. The molecule has 1 N–H and O–H groups in total. The second-order valence-electron chi connectivity index (χ2n) is 7.99. The van der Waals surface area contributed by atoms with E-state index in [1.807, 2.05) is 62.4 Å². The summed E-state index contributed by atoms with van der Waals surface area (Å²) < 4.78 is 5.73. The SMILES string of the molecule is CCCNC(=O)C(C)N(Cc1cccc(C)c1)C(=O)COc1ccc(C(C)C)cc1. The van der Waals surface area contributed by atoms with Crippen molar-refractivity contribution in [3.8, 4) is 5.75 Å². The van der Waals surface area contributed by atoms with E-state index in [0.29, 0.717) is 24.8 Å². The number of nitrogens with zero attached hydrogens (tertiary/aromatic N) is 1. The van der Waals surface area contributed by atoms with E-state index in [4.69, 9.17) is 4.74 Å². The molecule has 1 atom stereocenters. The van der Waals surface area contributed by atoms with E-state index in [0.717, 1.165) is 17.5 Å². The van der Waals surface area contributed by atoms with Crippen molar-refractivity contribution >= 4 is 11.8 Å². The van der Waals surface area contributed by atoms with Crippen LogP contribution in [0.25, 0.3) is 0 Å². The fourth-order valence-electron chi connectivity index (χ4n) is 3.16. The summed E-state index contributed by atoms with van der Waals surface area (Å²) in [7, 11) is 0. The molecule has 2 amide bonds. The minimum Gasteiger partial charge on any atom is -0.484 e. The van der Waals surface area contributed by atoms with Gasteiger partial charge in [-0.25, -0.2) is 0 Å². The van der Waals surface area contributed by atoms with E-state index in [1.54, 1.807) is 11.8 Å². The van der Waals surface area contributed by atoms with E-state index < -0.39 is 6.04 Å². The highest BCUT2D eigenvalue weighted by Gasteiger charge is 2.26. The van der Waals surface area contributed by atoms with Crippen LogP contribution in [0.15, 0.2) is 48.5 Å². The molecule has 0 aliphatic carbocycles. The van der Waals surface area contributed by atoms with Crippen molar-refractivity contribution in [1.82, 2.24) is 10.2 Å². The summed E-state index contributed by atoms with van der Waals surface area (Å²) in [5, 5.41) is 2.88. The van der Waals surface area contributed by atoms with Crippen LogP contribution in [0.1, 0.15) is 56.7 Å². The molecule has 5 heteroatoms. The Kier molecular flexibility index (Phi) is 8.90. The quantitative estimate of drug-likeness (QED) is 0.630. The second kappa shape index (κ2) is 11.4. The van der Waals surface area contributed by atoms with Crippen molar-refractivity contribution in [2.45, 2.75) is 59.5 Å². The van der Waals surface area contributed by atoms with Crippen LogP contribution in [-0.2, 0) is 16.1 Å². The highest BCUT2D eigenvalue weighted by atomic mass is 16.5. The molecule has 0 saturated carbocycles. The molecule has 0 heterocycles. The third kappa shape index (κ3) is 6.90. The van der Waals surface area contributed by atoms with Gasteiger partial charge in [-0.1, -0.05) is 62.7 Å². The van der Waals surface area contributed by atoms with Crippen molar-refractivity contribution in [2.75, 3.05) is 13.2 Å². The number of nitrogens with one attached hydrogen (secondary N) is 1. The molecular formula is C25H34N2O3. The van der Waals surface area contributed by atoms with Crippen LogP contribution in [0.5, 0.6) is 5.75 Å². The van der Waals surface area contributed by atoms with E-state index in [-0.39, 0.29) is 18.4 Å². The molecule has 162 valence electrons. The first kappa shape index (κ1) is 23.5. The summed E-state index contributed by atoms with van der Waals surface area (Å²) in [6.07, 6.45) is 0.847. The van der Waals surface area contributed by atoms with Crippen molar-refractivity contribution in [3.63, 3.8) is 0 Å². The minimum absolute atomic E-state index is 0.113. The van der Waals surface area contributed by atoms with Crippen LogP contribution in [0.4, 0.5) is 0 Å². The highest BCUT2D eigenvalue weighted by molar-refractivity contribution is 5.87. The van der Waals surface area contributed by atoms with E-state index in [1.165, 1.54) is 5.56 Å². The summed E-state index contributed by atoms with van der Waals surface area (Å²) in [6, 6.07) is 15.2. The summed E-state index contributed by atoms with van der Waals surface area (Å²) in [5.74, 6) is 0.710. The Hall–Kier alpha value is -2.82. The van der Waals surface area contributed by atoms with Crippen LogP contribution < -0.4 is 10.1 Å². The van der Waals surface area contributed by atoms with E-state index in [9.17, 15) is 9.59 Å². The normalized spacial score (nSPS) is 11.8. The lowest BCUT2D eigenvalue weighted by molar-refractivity contribution is -0.142. The monoisotopic (exact) mass is 410 g/mol. The number of benzene rings is 2. The third-order valence-electron chi connectivity index (χ3n) is 5.06. The Bertz CT molecular complexity index is 831. The molecule has 30 heavy (non-hydrogen) atoms. The van der Waals surface area contributed by atoms with Crippen LogP contribution >= 0.6 is 0 Å². The van der Waals surface area contributed by atoms with Crippen LogP contribution in [0.2, 0.25) is 0 Å². The zero-order chi connectivity index (χ0) is 22.1. The number of hydrogen-bond donors (Lipinski definition) is 1. The Morgan fingerprint density at radius 1 is 1.07 bits per heavy atom. The number of carbonyl (C=O) groups is 2. The van der Waals surface area contributed by atoms with Crippen molar-refractivity contribution < 1.29 is 14.3 Å². The third-order valence-corrected chi connectivity index (χ3v) is 5.06. The molecule has 1 unspecified atom stereocenters. The lowest BCUT2D eigenvalue weighted by atomic mass is 10.0. The fraction of sp³-hybridized carbons (Fsp3) is 0.440. The molecule has 5 nitrogen and oxygen atoms in total. The van der Waals surface area contributed by atoms with Gasteiger partial charge in [-0.05, 0) is 49.4 Å². The molecular weight excluding hydrogens is 376 g/mol. The molecule has 0 radical (unpaired) electrons. The Labute approximate surface area is 180 Å². The van der Waals surface area contributed by atoms with Gasteiger partial charge in [0.15, 0.2) is 6.61 Å². The molecule has 2 aromatic carbocycles. The van der Waals surface area contributed by atoms with Gasteiger partial charge in [-0.3, -0.25) is 9.59 Å². The minimum atomic E-state index is -0.587. The lowest BCUT2D eigenvalue weighted by Gasteiger charge is -2.29. The summed E-state index contributed by atoms with van der Waals surface area (Å²) >= 11 is 0. The van der Waals surface area contributed by atoms with Gasteiger partial charge in [-0.15, -0.1) is 0 Å². The van der Waals surface area contributed by atoms with Gasteiger partial charge in [0.05, 0.1) is 0 Å². The van der Waals surface area contributed by atoms with Gasteiger partial charge in [-0.2, -0.15) is 0 Å². The molecule has 0 fully saturated rings. The zero-order valence-corrected chi connectivity index (χ0v) is 18.8. The number of hydrogen-bond acceptors (Lipinski definition) is 3. The maximum absolute atomic E-state index is 13.0. The molecule has 0 aliphatic rings. The van der Waals surface area contributed by atoms with Gasteiger partial charge in [0.1, 0.15) is 11.8 Å². The van der Waals surface area contributed by atoms with Crippen LogP contribution in [0.3, 0.4) is 0 Å². The van der Waals surface area contributed by atoms with Gasteiger partial charge < -0.3 is 15.0 Å². The van der Waals surface area contributed by atoms with Gasteiger partial charge in [0.2, 0.25) is 5.91 Å². The molecule has 0 spiro atoms. The zero-order valence-electron chi connectivity index (χ0n) is 18.8. The standard InChI is InChI=1S/C25H34N2O3/c1-6-14-26-25(29)20(5)27(16-21-9-7-8-19(4)15-21)24(28)17-30-23-12-10-22(11-13-23)18(2)3/h7-13,15,18,20H,6,14,16-17H2,1-5H3,(H,26,29). The molecule has 2 rings (SSSR count). The predicted molar refractivity (Wildman–Crippen MR) is 121 cm³/mol. The first-order valence-electron chi connectivity index (χ1n) is 10.7. The molecule has 2 aromatic rings. The van der Waals surface area contributed by atoms with Crippen molar-refractivity contribution in [3.05, 3.63) is 65.2 Å². The predicted octanol–water partition coefficient (Wildman–Crippen LogP) is 4.44. The number of rotatable bonds is 10. The van der Waals surface area contributed by atoms with Crippen LogP contribution in [-0.4, -0.2) is 35.9 Å². The molecule has 0 bridgehead atoms. The Morgan fingerprint density at radius 2 is 1.77 bits per heavy atom. The van der Waals surface area contributed by atoms with Crippen LogP contribution in [0, 0.1) is 6.92 Å². The Balaban J connectivity index is 2.11. The molecule has 0 aromatic heterocycles. The largest absolute Gasteiger partial charge is 0.484 e. The smallest absolute Gasteiger partial charge is 0.261 e. The topological polar surface area (TPSA) is 58.6 Å². The first-order chi connectivity index (χ1) is 14.3. The van der Waals surface area contributed by atoms with Gasteiger partial charge >= 0.3 is 0 Å². The summed E-state index contributed by atoms with van der Waals surface area (Å²) in [6.45, 7) is 10.9. The highest BCUT2D eigenvalue weighted by Crippen LogP contribution is 2.19. The molecule has 0 saturated heterocycles. The Morgan fingerprint density at radius 3 is 2.37 bits per heavy atom. The number of amides is 2. The number of ether oxygens (including phenoxy) is 1. The maximum atomic E-state index is 13.0. The van der Waals surface area contributed by atoms with Crippen molar-refractivity contribution in [1.29, 1.82) is 0 Å². The van der Waals surface area contributed by atoms with Gasteiger partial charge in [0.25, 0.3) is 5.91 Å². The van der Waals surface area contributed by atoms with E-state index in [2.05, 4.69) is 19.2 Å². The fourth-order valence-corrected chi connectivity index (χ4v) is 3.16.